The van der Waals surface area contributed by atoms with E-state index in [4.69, 9.17) is 17.1 Å². The number of halogens is 1. The molecule has 0 bridgehead atoms. The summed E-state index contributed by atoms with van der Waals surface area (Å²) in [4.78, 5) is 12.3. The molecule has 0 unspecified atom stereocenters. The van der Waals surface area contributed by atoms with Gasteiger partial charge >= 0.3 is 0 Å². The van der Waals surface area contributed by atoms with Crippen LogP contribution < -0.4 is 0 Å². The minimum absolute atomic E-state index is 0.117. The van der Waals surface area contributed by atoms with Gasteiger partial charge in [-0.25, -0.2) is 0 Å². The van der Waals surface area contributed by atoms with Gasteiger partial charge in [-0.15, -0.1) is 0 Å². The first kappa shape index (κ1) is 7.27. The Hall–Kier alpha value is -0.730. The number of carbonyl (C=O) groups excluding carboxylic acids is 1. The fraction of sp³-hybridized carbons (Fsp3) is 0.667. The zero-order valence-corrected chi connectivity index (χ0v) is 4.80. The summed E-state index contributed by atoms with van der Waals surface area (Å²) in [6, 6.07) is 0. The second-order valence-electron chi connectivity index (χ2n) is 1.06. The zero-order chi connectivity index (χ0) is 6.41. The van der Waals surface area contributed by atoms with E-state index in [1.165, 1.54) is 0 Å². The van der Waals surface area contributed by atoms with Gasteiger partial charge in [-0.2, -0.15) is 0 Å². The second kappa shape index (κ2) is 4.43. The molecule has 0 aromatic rings. The van der Waals surface area contributed by atoms with E-state index in [-0.39, 0.29) is 13.0 Å². The predicted octanol–water partition coefficient (Wildman–Crippen LogP) is 1.45. The van der Waals surface area contributed by atoms with Crippen molar-refractivity contribution >= 4 is 16.8 Å². The summed E-state index contributed by atoms with van der Waals surface area (Å²) in [5.74, 6) is 0. The Kier molecular flexibility index (Phi) is 4.03. The van der Waals surface area contributed by atoms with E-state index in [0.717, 1.165) is 0 Å². The molecule has 0 spiro atoms. The maximum absolute atomic E-state index is 9.90. The molecule has 4 nitrogen and oxygen atoms in total. The summed E-state index contributed by atoms with van der Waals surface area (Å²) in [7, 11) is 0. The summed E-state index contributed by atoms with van der Waals surface area (Å²) in [5.41, 5.74) is 7.68. The molecule has 0 aromatic carbocycles. The third kappa shape index (κ3) is 5.27. The SMILES string of the molecule is [N-]=[N+]=NCCC(=O)Cl. The fourth-order valence-corrected chi connectivity index (χ4v) is 0.267. The first-order chi connectivity index (χ1) is 3.77. The summed E-state index contributed by atoms with van der Waals surface area (Å²) < 4.78 is 0. The zero-order valence-electron chi connectivity index (χ0n) is 4.04. The van der Waals surface area contributed by atoms with E-state index in [0.29, 0.717) is 0 Å². The van der Waals surface area contributed by atoms with Gasteiger partial charge in [-0.1, -0.05) is 5.11 Å². The van der Waals surface area contributed by atoms with Gasteiger partial charge in [0.25, 0.3) is 0 Å². The van der Waals surface area contributed by atoms with Crippen LogP contribution in [0.15, 0.2) is 5.11 Å². The average Bonchev–Trinajstić information content (AvgIpc) is 1.66. The Morgan fingerprint density at radius 1 is 1.88 bits per heavy atom. The van der Waals surface area contributed by atoms with E-state index in [1.807, 2.05) is 0 Å². The van der Waals surface area contributed by atoms with Crippen LogP contribution in [0.3, 0.4) is 0 Å². The molecule has 0 aliphatic heterocycles. The van der Waals surface area contributed by atoms with Crippen molar-refractivity contribution in [3.63, 3.8) is 0 Å². The molecule has 8 heavy (non-hydrogen) atoms. The molecule has 0 fully saturated rings. The highest BCUT2D eigenvalue weighted by Crippen LogP contribution is 1.87. The lowest BCUT2D eigenvalue weighted by Gasteiger charge is -1.79. The number of nitrogens with zero attached hydrogens (tertiary/aromatic N) is 3. The second-order valence-corrected chi connectivity index (χ2v) is 1.48. The first-order valence-corrected chi connectivity index (χ1v) is 2.34. The predicted molar refractivity (Wildman–Crippen MR) is 29.5 cm³/mol. The van der Waals surface area contributed by atoms with Crippen molar-refractivity contribution in [1.29, 1.82) is 0 Å². The van der Waals surface area contributed by atoms with Crippen molar-refractivity contribution < 1.29 is 4.79 Å². The quantitative estimate of drug-likeness (QED) is 0.249. The average molecular weight is 134 g/mol. The summed E-state index contributed by atoms with van der Waals surface area (Å²) >= 11 is 4.89. The fourth-order valence-electron chi connectivity index (χ4n) is 0.183. The number of hydrogen-bond donors (Lipinski definition) is 0. The van der Waals surface area contributed by atoms with Crippen LogP contribution in [0.25, 0.3) is 10.4 Å². The third-order valence-electron chi connectivity index (χ3n) is 0.472. The Morgan fingerprint density at radius 3 is 2.88 bits per heavy atom. The summed E-state index contributed by atoms with van der Waals surface area (Å²) in [5, 5.41) is 2.61. The molecular formula is C3H4ClN3O. The van der Waals surface area contributed by atoms with Gasteiger partial charge in [-0.05, 0) is 17.1 Å². The van der Waals surface area contributed by atoms with Crippen LogP contribution in [-0.2, 0) is 4.79 Å². The van der Waals surface area contributed by atoms with Gasteiger partial charge in [-0.3, -0.25) is 4.79 Å². The minimum atomic E-state index is -0.475. The van der Waals surface area contributed by atoms with Crippen molar-refractivity contribution in [2.75, 3.05) is 6.54 Å². The Bertz CT molecular complexity index is 126. The Balaban J connectivity index is 3.18. The van der Waals surface area contributed by atoms with E-state index in [2.05, 4.69) is 10.0 Å². The van der Waals surface area contributed by atoms with Gasteiger partial charge in [0.15, 0.2) is 0 Å². The standard InChI is InChI=1S/C3H4ClN3O/c4-3(8)1-2-6-7-5/h1-2H2. The molecule has 0 saturated carbocycles. The molecule has 0 saturated heterocycles. The third-order valence-corrected chi connectivity index (χ3v) is 0.661. The van der Waals surface area contributed by atoms with Crippen molar-refractivity contribution in [2.24, 2.45) is 5.11 Å². The molecule has 0 N–H and O–H groups in total. The Morgan fingerprint density at radius 2 is 2.50 bits per heavy atom. The number of hydrogen-bond acceptors (Lipinski definition) is 2. The topological polar surface area (TPSA) is 65.8 Å². The van der Waals surface area contributed by atoms with Gasteiger partial charge in [0.05, 0.1) is 0 Å². The first-order valence-electron chi connectivity index (χ1n) is 1.96. The van der Waals surface area contributed by atoms with Gasteiger partial charge in [0, 0.05) is 17.9 Å². The minimum Gasteiger partial charge on any atom is -0.281 e. The van der Waals surface area contributed by atoms with Gasteiger partial charge in [0.1, 0.15) is 0 Å². The van der Waals surface area contributed by atoms with Crippen LogP contribution in [0.2, 0.25) is 0 Å². The van der Waals surface area contributed by atoms with E-state index >= 15 is 0 Å². The van der Waals surface area contributed by atoms with Crippen LogP contribution in [0, 0.1) is 0 Å². The number of azide groups is 1. The van der Waals surface area contributed by atoms with Crippen molar-refractivity contribution in [1.82, 2.24) is 0 Å². The van der Waals surface area contributed by atoms with E-state index in [1.54, 1.807) is 0 Å². The lowest BCUT2D eigenvalue weighted by atomic mass is 10.5. The monoisotopic (exact) mass is 133 g/mol. The normalized spacial score (nSPS) is 7.62. The summed E-state index contributed by atoms with van der Waals surface area (Å²) in [6.45, 7) is 0.152. The maximum Gasteiger partial charge on any atom is 0.221 e. The summed E-state index contributed by atoms with van der Waals surface area (Å²) in [6.07, 6.45) is 0.117. The molecule has 0 atom stereocenters. The van der Waals surface area contributed by atoms with Crippen LogP contribution in [0.1, 0.15) is 6.42 Å². The van der Waals surface area contributed by atoms with Crippen molar-refractivity contribution in [3.8, 4) is 0 Å². The van der Waals surface area contributed by atoms with Crippen molar-refractivity contribution in [3.05, 3.63) is 10.4 Å². The maximum atomic E-state index is 9.90. The van der Waals surface area contributed by atoms with E-state index < -0.39 is 5.24 Å². The van der Waals surface area contributed by atoms with Gasteiger partial charge < -0.3 is 0 Å². The highest BCUT2D eigenvalue weighted by molar-refractivity contribution is 6.63. The molecule has 0 radical (unpaired) electrons. The lowest BCUT2D eigenvalue weighted by Crippen LogP contribution is -1.87. The van der Waals surface area contributed by atoms with Crippen LogP contribution >= 0.6 is 11.6 Å². The smallest absolute Gasteiger partial charge is 0.221 e. The van der Waals surface area contributed by atoms with E-state index in [9.17, 15) is 4.79 Å². The lowest BCUT2D eigenvalue weighted by molar-refractivity contribution is -0.111. The molecule has 0 aliphatic rings. The van der Waals surface area contributed by atoms with Crippen LogP contribution in [0.4, 0.5) is 0 Å². The molecule has 0 rings (SSSR count). The van der Waals surface area contributed by atoms with Gasteiger partial charge in [0.2, 0.25) is 5.24 Å². The highest BCUT2D eigenvalue weighted by atomic mass is 35.5. The molecule has 0 aromatic heterocycles. The molecule has 0 heterocycles. The highest BCUT2D eigenvalue weighted by Gasteiger charge is 1.90. The molecular weight excluding hydrogens is 130 g/mol. The van der Waals surface area contributed by atoms with Crippen LogP contribution in [0.5, 0.6) is 0 Å². The molecule has 5 heteroatoms. The van der Waals surface area contributed by atoms with Crippen LogP contribution in [-0.4, -0.2) is 11.8 Å². The molecule has 44 valence electrons. The largest absolute Gasteiger partial charge is 0.281 e. The number of carbonyl (C=O) groups is 1. The van der Waals surface area contributed by atoms with Crippen molar-refractivity contribution in [2.45, 2.75) is 6.42 Å². The molecule has 0 amide bonds. The Labute approximate surface area is 51.1 Å². The number of rotatable bonds is 3. The molecule has 0 aliphatic carbocycles.